The van der Waals surface area contributed by atoms with E-state index in [4.69, 9.17) is 9.47 Å². The SMILES string of the molecule is COc1ccc(C(=O)[C@]2(C)C=C(c3ccc(OC)cc3)[C@H](C)C2)cc1. The van der Waals surface area contributed by atoms with Gasteiger partial charge in [0.05, 0.1) is 14.2 Å². The summed E-state index contributed by atoms with van der Waals surface area (Å²) >= 11 is 0. The van der Waals surface area contributed by atoms with E-state index in [9.17, 15) is 4.79 Å². The Kier molecular flexibility index (Phi) is 4.67. The first-order chi connectivity index (χ1) is 12.0. The molecule has 2 aromatic rings. The first-order valence-corrected chi connectivity index (χ1v) is 8.53. The number of ether oxygens (including phenoxy) is 2. The third-order valence-corrected chi connectivity index (χ3v) is 5.03. The van der Waals surface area contributed by atoms with Crippen LogP contribution in [0.25, 0.3) is 5.57 Å². The number of allylic oxidation sites excluding steroid dienone is 2. The minimum absolute atomic E-state index is 0.158. The van der Waals surface area contributed by atoms with E-state index < -0.39 is 5.41 Å². The average molecular weight is 336 g/mol. The zero-order valence-electron chi connectivity index (χ0n) is 15.2. The number of ketones is 1. The van der Waals surface area contributed by atoms with Gasteiger partial charge in [0, 0.05) is 11.0 Å². The summed E-state index contributed by atoms with van der Waals surface area (Å²) in [6.45, 7) is 4.22. The second-order valence-electron chi connectivity index (χ2n) is 6.91. The summed E-state index contributed by atoms with van der Waals surface area (Å²) in [6, 6.07) is 15.4. The molecule has 3 heteroatoms. The second kappa shape index (κ2) is 6.75. The molecule has 0 aliphatic heterocycles. The molecule has 0 saturated carbocycles. The number of methoxy groups -OCH3 is 2. The van der Waals surface area contributed by atoms with Crippen LogP contribution in [0, 0.1) is 11.3 Å². The van der Waals surface area contributed by atoms with Crippen molar-refractivity contribution in [2.75, 3.05) is 14.2 Å². The van der Waals surface area contributed by atoms with Crippen molar-refractivity contribution in [2.24, 2.45) is 11.3 Å². The first kappa shape index (κ1) is 17.3. The van der Waals surface area contributed by atoms with Crippen LogP contribution in [0.1, 0.15) is 36.2 Å². The molecule has 2 aromatic carbocycles. The van der Waals surface area contributed by atoms with Gasteiger partial charge in [0.1, 0.15) is 11.5 Å². The molecule has 3 nitrogen and oxygen atoms in total. The summed E-state index contributed by atoms with van der Waals surface area (Å²) in [4.78, 5) is 13.1. The molecular weight excluding hydrogens is 312 g/mol. The van der Waals surface area contributed by atoms with E-state index in [-0.39, 0.29) is 5.78 Å². The summed E-state index contributed by atoms with van der Waals surface area (Å²) in [6.07, 6.45) is 2.96. The van der Waals surface area contributed by atoms with Gasteiger partial charge in [0.25, 0.3) is 0 Å². The number of benzene rings is 2. The van der Waals surface area contributed by atoms with Crippen molar-refractivity contribution in [1.82, 2.24) is 0 Å². The van der Waals surface area contributed by atoms with Gasteiger partial charge in [-0.1, -0.05) is 25.1 Å². The van der Waals surface area contributed by atoms with Crippen molar-refractivity contribution >= 4 is 11.4 Å². The molecule has 0 fully saturated rings. The Hall–Kier alpha value is -2.55. The third kappa shape index (κ3) is 3.32. The number of hydrogen-bond acceptors (Lipinski definition) is 3. The summed E-state index contributed by atoms with van der Waals surface area (Å²) in [5.41, 5.74) is 2.62. The first-order valence-electron chi connectivity index (χ1n) is 8.53. The zero-order chi connectivity index (χ0) is 18.0. The Morgan fingerprint density at radius 1 is 0.960 bits per heavy atom. The van der Waals surface area contributed by atoms with Crippen LogP contribution >= 0.6 is 0 Å². The van der Waals surface area contributed by atoms with E-state index in [0.717, 1.165) is 29.0 Å². The molecule has 2 atom stereocenters. The number of hydrogen-bond donors (Lipinski definition) is 0. The molecule has 0 N–H and O–H groups in total. The highest BCUT2D eigenvalue weighted by Gasteiger charge is 2.39. The predicted molar refractivity (Wildman–Crippen MR) is 100 cm³/mol. The van der Waals surface area contributed by atoms with Gasteiger partial charge in [-0.25, -0.2) is 0 Å². The molecule has 0 aromatic heterocycles. The molecule has 0 saturated heterocycles. The van der Waals surface area contributed by atoms with E-state index in [1.807, 2.05) is 43.3 Å². The Morgan fingerprint density at radius 2 is 1.48 bits per heavy atom. The maximum absolute atomic E-state index is 13.1. The fourth-order valence-electron chi connectivity index (χ4n) is 3.67. The van der Waals surface area contributed by atoms with Crippen LogP contribution in [-0.2, 0) is 0 Å². The standard InChI is InChI=1S/C22H24O3/c1-15-13-22(2,21(23)17-7-11-19(25-4)12-8-17)14-20(15)16-5-9-18(24-3)10-6-16/h5-12,14-15H,13H2,1-4H3/t15-,22+/m1/s1. The zero-order valence-corrected chi connectivity index (χ0v) is 15.2. The van der Waals surface area contributed by atoms with Crippen LogP contribution in [0.2, 0.25) is 0 Å². The Morgan fingerprint density at radius 3 is 2.00 bits per heavy atom. The molecule has 0 unspecified atom stereocenters. The highest BCUT2D eigenvalue weighted by Crippen LogP contribution is 2.46. The Bertz CT molecular complexity index is 787. The molecule has 1 aliphatic carbocycles. The van der Waals surface area contributed by atoms with Crippen LogP contribution in [-0.4, -0.2) is 20.0 Å². The van der Waals surface area contributed by atoms with Crippen LogP contribution < -0.4 is 9.47 Å². The van der Waals surface area contributed by atoms with Crippen molar-refractivity contribution in [3.05, 3.63) is 65.7 Å². The van der Waals surface area contributed by atoms with E-state index >= 15 is 0 Å². The molecule has 3 rings (SSSR count). The van der Waals surface area contributed by atoms with E-state index in [0.29, 0.717) is 5.92 Å². The predicted octanol–water partition coefficient (Wildman–Crippen LogP) is 5.02. The van der Waals surface area contributed by atoms with Gasteiger partial charge >= 0.3 is 0 Å². The van der Waals surface area contributed by atoms with Crippen molar-refractivity contribution in [2.45, 2.75) is 20.3 Å². The van der Waals surface area contributed by atoms with Crippen molar-refractivity contribution in [3.63, 3.8) is 0 Å². The molecule has 25 heavy (non-hydrogen) atoms. The lowest BCUT2D eigenvalue weighted by molar-refractivity contribution is 0.0861. The topological polar surface area (TPSA) is 35.5 Å². The molecule has 0 radical (unpaired) electrons. The van der Waals surface area contributed by atoms with Crippen LogP contribution in [0.5, 0.6) is 11.5 Å². The van der Waals surface area contributed by atoms with Gasteiger partial charge in [-0.05, 0) is 66.8 Å². The Labute approximate surface area is 149 Å². The minimum Gasteiger partial charge on any atom is -0.497 e. The van der Waals surface area contributed by atoms with Gasteiger partial charge < -0.3 is 9.47 Å². The molecule has 0 bridgehead atoms. The van der Waals surface area contributed by atoms with Gasteiger partial charge in [-0.3, -0.25) is 4.79 Å². The normalized spacial score (nSPS) is 22.4. The van der Waals surface area contributed by atoms with E-state index in [1.54, 1.807) is 14.2 Å². The van der Waals surface area contributed by atoms with Crippen LogP contribution in [0.15, 0.2) is 54.6 Å². The highest BCUT2D eigenvalue weighted by molar-refractivity contribution is 6.03. The lowest BCUT2D eigenvalue weighted by Crippen LogP contribution is -2.24. The molecule has 1 aliphatic rings. The lowest BCUT2D eigenvalue weighted by Gasteiger charge is -2.21. The fourth-order valence-corrected chi connectivity index (χ4v) is 3.67. The molecule has 0 spiro atoms. The summed E-state index contributed by atoms with van der Waals surface area (Å²) < 4.78 is 10.4. The van der Waals surface area contributed by atoms with E-state index in [1.165, 1.54) is 5.57 Å². The second-order valence-corrected chi connectivity index (χ2v) is 6.91. The van der Waals surface area contributed by atoms with Gasteiger partial charge in [0.15, 0.2) is 5.78 Å². The molecular formula is C22H24O3. The highest BCUT2D eigenvalue weighted by atomic mass is 16.5. The summed E-state index contributed by atoms with van der Waals surface area (Å²) in [5.74, 6) is 2.09. The van der Waals surface area contributed by atoms with Gasteiger partial charge in [-0.2, -0.15) is 0 Å². The molecule has 0 heterocycles. The smallest absolute Gasteiger partial charge is 0.172 e. The number of rotatable bonds is 5. The van der Waals surface area contributed by atoms with Crippen molar-refractivity contribution in [3.8, 4) is 11.5 Å². The number of carbonyl (C=O) groups excluding carboxylic acids is 1. The quantitative estimate of drug-likeness (QED) is 0.720. The lowest BCUT2D eigenvalue weighted by atomic mass is 9.80. The number of Topliss-reactive ketones (excluding diaryl/α,β-unsaturated/α-hetero) is 1. The summed E-state index contributed by atoms with van der Waals surface area (Å²) in [5, 5.41) is 0. The number of carbonyl (C=O) groups is 1. The Balaban J connectivity index is 1.89. The van der Waals surface area contributed by atoms with Gasteiger partial charge in [0.2, 0.25) is 0 Å². The van der Waals surface area contributed by atoms with Crippen molar-refractivity contribution in [1.29, 1.82) is 0 Å². The molecule has 0 amide bonds. The minimum atomic E-state index is -0.483. The van der Waals surface area contributed by atoms with Crippen LogP contribution in [0.3, 0.4) is 0 Å². The largest absolute Gasteiger partial charge is 0.497 e. The molecule has 130 valence electrons. The maximum atomic E-state index is 13.1. The summed E-state index contributed by atoms with van der Waals surface area (Å²) in [7, 11) is 3.29. The fraction of sp³-hybridized carbons (Fsp3) is 0.318. The van der Waals surface area contributed by atoms with Crippen molar-refractivity contribution < 1.29 is 14.3 Å². The van der Waals surface area contributed by atoms with Crippen LogP contribution in [0.4, 0.5) is 0 Å². The van der Waals surface area contributed by atoms with E-state index in [2.05, 4.69) is 25.1 Å². The average Bonchev–Trinajstić information content (AvgIpc) is 2.97. The van der Waals surface area contributed by atoms with Gasteiger partial charge in [-0.15, -0.1) is 0 Å². The maximum Gasteiger partial charge on any atom is 0.172 e. The third-order valence-electron chi connectivity index (χ3n) is 5.03. The monoisotopic (exact) mass is 336 g/mol.